The molecule has 4 rings (SSSR count). The molecule has 7 heteroatoms. The Labute approximate surface area is 160 Å². The second-order valence-electron chi connectivity index (χ2n) is 6.61. The molecular formula is C20H17ClFN3O2. The number of methoxy groups -OCH3 is 1. The van der Waals surface area contributed by atoms with Gasteiger partial charge in [0.2, 0.25) is 11.8 Å². The molecule has 1 saturated carbocycles. The van der Waals surface area contributed by atoms with Crippen LogP contribution in [-0.2, 0) is 4.79 Å². The van der Waals surface area contributed by atoms with Crippen LogP contribution in [0.5, 0.6) is 5.88 Å². The van der Waals surface area contributed by atoms with Crippen molar-refractivity contribution in [3.63, 3.8) is 0 Å². The van der Waals surface area contributed by atoms with Crippen molar-refractivity contribution in [2.45, 2.75) is 19.5 Å². The van der Waals surface area contributed by atoms with Gasteiger partial charge in [-0.25, -0.2) is 14.4 Å². The molecule has 1 fully saturated rings. The Morgan fingerprint density at radius 2 is 2.11 bits per heavy atom. The molecule has 27 heavy (non-hydrogen) atoms. The highest BCUT2D eigenvalue weighted by molar-refractivity contribution is 6.36. The first kappa shape index (κ1) is 17.7. The number of nitrogens with one attached hydrogen (secondary N) is 1. The van der Waals surface area contributed by atoms with Crippen LogP contribution in [0, 0.1) is 12.8 Å². The van der Waals surface area contributed by atoms with Crippen LogP contribution in [0.2, 0.25) is 5.02 Å². The van der Waals surface area contributed by atoms with Gasteiger partial charge in [0.05, 0.1) is 18.1 Å². The molecule has 0 unspecified atom stereocenters. The van der Waals surface area contributed by atoms with Crippen LogP contribution in [-0.4, -0.2) is 29.2 Å². The first-order valence-corrected chi connectivity index (χ1v) is 8.90. The molecular weight excluding hydrogens is 369 g/mol. The van der Waals surface area contributed by atoms with Gasteiger partial charge in [0.1, 0.15) is 12.0 Å². The number of carbonyl (C=O) groups excluding carboxylic acids is 1. The maximum Gasteiger partial charge on any atom is 0.231 e. The van der Waals surface area contributed by atoms with Crippen molar-refractivity contribution in [3.05, 3.63) is 47.2 Å². The van der Waals surface area contributed by atoms with Crippen LogP contribution < -0.4 is 10.1 Å². The topological polar surface area (TPSA) is 64.1 Å². The molecule has 1 aliphatic carbocycles. The maximum absolute atomic E-state index is 13.1. The lowest BCUT2D eigenvalue weighted by Gasteiger charge is -2.13. The largest absolute Gasteiger partial charge is 0.481 e. The molecule has 1 amide bonds. The second kappa shape index (κ2) is 6.78. The average molecular weight is 386 g/mol. The van der Waals surface area contributed by atoms with Crippen molar-refractivity contribution in [2.75, 3.05) is 12.4 Å². The summed E-state index contributed by atoms with van der Waals surface area (Å²) in [5.41, 5.74) is 2.71. The van der Waals surface area contributed by atoms with E-state index < -0.39 is 12.1 Å². The van der Waals surface area contributed by atoms with Crippen LogP contribution in [0.3, 0.4) is 0 Å². The van der Waals surface area contributed by atoms with E-state index in [2.05, 4.69) is 15.3 Å². The van der Waals surface area contributed by atoms with Gasteiger partial charge in [0.25, 0.3) is 0 Å². The van der Waals surface area contributed by atoms with Crippen molar-refractivity contribution in [2.24, 2.45) is 5.92 Å². The summed E-state index contributed by atoms with van der Waals surface area (Å²) in [7, 11) is 1.57. The van der Waals surface area contributed by atoms with E-state index in [1.807, 2.05) is 25.1 Å². The molecule has 1 aliphatic rings. The highest BCUT2D eigenvalue weighted by atomic mass is 35.5. The molecule has 0 bridgehead atoms. The summed E-state index contributed by atoms with van der Waals surface area (Å²) in [5.74, 6) is -0.0356. The molecule has 0 spiro atoms. The summed E-state index contributed by atoms with van der Waals surface area (Å²) >= 11 is 6.46. The number of carbonyl (C=O) groups is 1. The van der Waals surface area contributed by atoms with E-state index >= 15 is 0 Å². The highest BCUT2D eigenvalue weighted by Gasteiger charge is 2.43. The third kappa shape index (κ3) is 3.32. The van der Waals surface area contributed by atoms with E-state index in [1.165, 1.54) is 0 Å². The minimum Gasteiger partial charge on any atom is -0.481 e. The minimum absolute atomic E-state index is 0.273. The summed E-state index contributed by atoms with van der Waals surface area (Å²) in [5, 5.41) is 4.76. The molecule has 2 atom stereocenters. The van der Waals surface area contributed by atoms with Crippen molar-refractivity contribution < 1.29 is 13.9 Å². The molecule has 3 aromatic rings. The zero-order valence-electron chi connectivity index (χ0n) is 14.8. The second-order valence-corrected chi connectivity index (χ2v) is 7.02. The van der Waals surface area contributed by atoms with Gasteiger partial charge in [-0.2, -0.15) is 0 Å². The molecule has 2 aromatic heterocycles. The van der Waals surface area contributed by atoms with Gasteiger partial charge in [0.15, 0.2) is 0 Å². The van der Waals surface area contributed by atoms with E-state index in [0.29, 0.717) is 16.7 Å². The predicted octanol–water partition coefficient (Wildman–Crippen LogP) is 4.56. The van der Waals surface area contributed by atoms with E-state index in [0.717, 1.165) is 27.5 Å². The monoisotopic (exact) mass is 385 g/mol. The van der Waals surface area contributed by atoms with Crippen molar-refractivity contribution >= 4 is 34.1 Å². The van der Waals surface area contributed by atoms with Crippen molar-refractivity contribution in [1.82, 2.24) is 9.97 Å². The van der Waals surface area contributed by atoms with Gasteiger partial charge in [0, 0.05) is 23.3 Å². The normalized spacial score (nSPS) is 18.4. The van der Waals surface area contributed by atoms with E-state index in [-0.39, 0.29) is 12.3 Å². The van der Waals surface area contributed by atoms with E-state index in [1.54, 1.807) is 25.6 Å². The van der Waals surface area contributed by atoms with Crippen LogP contribution in [0.15, 0.2) is 36.7 Å². The molecule has 0 aliphatic heterocycles. The van der Waals surface area contributed by atoms with Gasteiger partial charge in [-0.3, -0.25) is 4.79 Å². The molecule has 0 saturated heterocycles. The van der Waals surface area contributed by atoms with Crippen LogP contribution >= 0.6 is 11.6 Å². The van der Waals surface area contributed by atoms with Gasteiger partial charge in [-0.1, -0.05) is 11.6 Å². The Morgan fingerprint density at radius 3 is 2.81 bits per heavy atom. The minimum atomic E-state index is -1.05. The maximum atomic E-state index is 13.1. The Bertz CT molecular complexity index is 1060. The van der Waals surface area contributed by atoms with E-state index in [4.69, 9.17) is 16.3 Å². The lowest BCUT2D eigenvalue weighted by Crippen LogP contribution is -2.15. The Morgan fingerprint density at radius 1 is 1.33 bits per heavy atom. The average Bonchev–Trinajstić information content (AvgIpc) is 3.38. The summed E-state index contributed by atoms with van der Waals surface area (Å²) in [6.45, 7) is 1.97. The standard InChI is InChI=1S/C20H17ClFN3O2/c1-10-3-4-23-20(27-2)18(10)12-5-11-7-17(24-9-14(11)15(21)6-12)25-19(26)13-8-16(13)22/h3-7,9,13,16H,8H2,1-2H3,(H,24,25,26)/t13-,16+/m1/s1. The fraction of sp³-hybridized carbons (Fsp3) is 0.250. The lowest BCUT2D eigenvalue weighted by molar-refractivity contribution is -0.117. The summed E-state index contributed by atoms with van der Waals surface area (Å²) in [6.07, 6.45) is 2.51. The molecule has 1 N–H and O–H groups in total. The van der Waals surface area contributed by atoms with Crippen molar-refractivity contribution in [3.8, 4) is 17.0 Å². The number of anilines is 1. The SMILES string of the molecule is COc1nccc(C)c1-c1cc(Cl)c2cnc(NC(=O)[C@@H]3C[C@@H]3F)cc2c1. The fourth-order valence-electron chi connectivity index (χ4n) is 3.12. The van der Waals surface area contributed by atoms with Gasteiger partial charge < -0.3 is 10.1 Å². The van der Waals surface area contributed by atoms with Crippen LogP contribution in [0.1, 0.15) is 12.0 Å². The quantitative estimate of drug-likeness (QED) is 0.714. The number of halogens is 2. The smallest absolute Gasteiger partial charge is 0.231 e. The third-order valence-electron chi connectivity index (χ3n) is 4.69. The Balaban J connectivity index is 1.77. The molecule has 2 heterocycles. The van der Waals surface area contributed by atoms with Crippen molar-refractivity contribution in [1.29, 1.82) is 0 Å². The molecule has 0 radical (unpaired) electrons. The highest BCUT2D eigenvalue weighted by Crippen LogP contribution is 2.37. The van der Waals surface area contributed by atoms with Gasteiger partial charge >= 0.3 is 0 Å². The Hall–Kier alpha value is -2.73. The summed E-state index contributed by atoms with van der Waals surface area (Å²) in [4.78, 5) is 20.4. The number of pyridine rings is 2. The van der Waals surface area contributed by atoms with E-state index in [9.17, 15) is 9.18 Å². The molecule has 1 aromatic carbocycles. The number of benzene rings is 1. The number of hydrogen-bond donors (Lipinski definition) is 1. The summed E-state index contributed by atoms with van der Waals surface area (Å²) in [6, 6.07) is 7.42. The number of ether oxygens (including phenoxy) is 1. The Kier molecular flexibility index (Phi) is 4.44. The van der Waals surface area contributed by atoms with Crippen LogP contribution in [0.25, 0.3) is 21.9 Å². The summed E-state index contributed by atoms with van der Waals surface area (Å²) < 4.78 is 18.5. The van der Waals surface area contributed by atoms with Crippen LogP contribution in [0.4, 0.5) is 10.2 Å². The number of fused-ring (bicyclic) bond motifs is 1. The number of amides is 1. The zero-order chi connectivity index (χ0) is 19.1. The first-order chi connectivity index (χ1) is 13.0. The van der Waals surface area contributed by atoms with Gasteiger partial charge in [-0.15, -0.1) is 0 Å². The number of hydrogen-bond acceptors (Lipinski definition) is 4. The lowest BCUT2D eigenvalue weighted by atomic mass is 9.99. The van der Waals surface area contributed by atoms with Gasteiger partial charge in [-0.05, 0) is 54.1 Å². The third-order valence-corrected chi connectivity index (χ3v) is 5.01. The number of nitrogens with zero attached hydrogens (tertiary/aromatic N) is 2. The number of aromatic nitrogens is 2. The number of alkyl halides is 1. The molecule has 138 valence electrons. The number of aryl methyl sites for hydroxylation is 1. The number of rotatable bonds is 4. The fourth-order valence-corrected chi connectivity index (χ4v) is 3.40. The molecule has 5 nitrogen and oxygen atoms in total. The first-order valence-electron chi connectivity index (χ1n) is 8.52. The predicted molar refractivity (Wildman–Crippen MR) is 103 cm³/mol. The zero-order valence-corrected chi connectivity index (χ0v) is 15.5.